The second-order valence-corrected chi connectivity index (χ2v) is 3.63. The highest BCUT2D eigenvalue weighted by Crippen LogP contribution is 2.09. The number of rotatable bonds is 5. The van der Waals surface area contributed by atoms with Crippen molar-refractivity contribution in [2.24, 2.45) is 5.73 Å². The average Bonchev–Trinajstić information content (AvgIpc) is 2.56. The van der Waals surface area contributed by atoms with E-state index in [2.05, 4.69) is 4.98 Å². The number of aliphatic carboxylic acids is 1. The lowest BCUT2D eigenvalue weighted by Crippen LogP contribution is -2.44. The van der Waals surface area contributed by atoms with Crippen molar-refractivity contribution in [1.29, 1.82) is 0 Å². The molecular formula is C9H15N3O2. The number of carboxylic acid groups (broad SMARTS) is 1. The van der Waals surface area contributed by atoms with Crippen molar-refractivity contribution in [2.75, 3.05) is 0 Å². The summed E-state index contributed by atoms with van der Waals surface area (Å²) in [5, 5.41) is 8.75. The van der Waals surface area contributed by atoms with Gasteiger partial charge in [0.2, 0.25) is 0 Å². The minimum atomic E-state index is -1.12. The number of aromatic nitrogens is 2. The molecule has 1 heterocycles. The first kappa shape index (κ1) is 10.7. The molecule has 0 spiro atoms. The Morgan fingerprint density at radius 3 is 2.93 bits per heavy atom. The van der Waals surface area contributed by atoms with E-state index >= 15 is 0 Å². The van der Waals surface area contributed by atoms with Crippen LogP contribution in [-0.4, -0.2) is 26.2 Å². The number of nitrogens with zero attached hydrogens (tertiary/aromatic N) is 2. The van der Waals surface area contributed by atoms with Crippen LogP contribution in [-0.2, 0) is 11.3 Å². The van der Waals surface area contributed by atoms with E-state index in [1.807, 2.05) is 10.8 Å². The predicted octanol–water partition coefficient (Wildman–Crippen LogP) is 0.465. The molecule has 0 radical (unpaired) electrons. The quantitative estimate of drug-likeness (QED) is 0.718. The fourth-order valence-electron chi connectivity index (χ4n) is 1.15. The van der Waals surface area contributed by atoms with Crippen LogP contribution in [0.2, 0.25) is 0 Å². The summed E-state index contributed by atoms with van der Waals surface area (Å²) in [5.74, 6) is -0.955. The zero-order chi connectivity index (χ0) is 10.6. The van der Waals surface area contributed by atoms with Crippen molar-refractivity contribution in [3.8, 4) is 0 Å². The van der Waals surface area contributed by atoms with E-state index in [9.17, 15) is 4.79 Å². The van der Waals surface area contributed by atoms with Gasteiger partial charge in [0.1, 0.15) is 5.54 Å². The Labute approximate surface area is 82.6 Å². The molecule has 0 bridgehead atoms. The van der Waals surface area contributed by atoms with Gasteiger partial charge in [-0.25, -0.2) is 4.98 Å². The summed E-state index contributed by atoms with van der Waals surface area (Å²) in [6.45, 7) is 2.28. The first-order chi connectivity index (χ1) is 6.52. The number of imidazole rings is 1. The minimum Gasteiger partial charge on any atom is -0.480 e. The van der Waals surface area contributed by atoms with Crippen LogP contribution in [0.25, 0.3) is 0 Å². The SMILES string of the molecule is CC(N)(CCCn1ccnc1)C(=O)O. The molecule has 0 aliphatic rings. The Balaban J connectivity index is 2.31. The van der Waals surface area contributed by atoms with Gasteiger partial charge in [-0.05, 0) is 19.8 Å². The van der Waals surface area contributed by atoms with Gasteiger partial charge in [-0.3, -0.25) is 4.79 Å². The summed E-state index contributed by atoms with van der Waals surface area (Å²) < 4.78 is 1.90. The highest BCUT2D eigenvalue weighted by atomic mass is 16.4. The van der Waals surface area contributed by atoms with Gasteiger partial charge in [0.25, 0.3) is 0 Å². The molecule has 0 aliphatic carbocycles. The van der Waals surface area contributed by atoms with Gasteiger partial charge in [-0.1, -0.05) is 0 Å². The maximum atomic E-state index is 10.7. The zero-order valence-corrected chi connectivity index (χ0v) is 8.18. The van der Waals surface area contributed by atoms with Gasteiger partial charge in [0.15, 0.2) is 0 Å². The largest absolute Gasteiger partial charge is 0.480 e. The predicted molar refractivity (Wildman–Crippen MR) is 51.7 cm³/mol. The second kappa shape index (κ2) is 4.23. The highest BCUT2D eigenvalue weighted by Gasteiger charge is 2.26. The van der Waals surface area contributed by atoms with Gasteiger partial charge in [-0.15, -0.1) is 0 Å². The summed E-state index contributed by atoms with van der Waals surface area (Å²) in [4.78, 5) is 14.6. The van der Waals surface area contributed by atoms with Gasteiger partial charge >= 0.3 is 5.97 Å². The first-order valence-electron chi connectivity index (χ1n) is 4.50. The van der Waals surface area contributed by atoms with Crippen molar-refractivity contribution in [2.45, 2.75) is 31.8 Å². The number of hydrogen-bond donors (Lipinski definition) is 2. The molecule has 0 aliphatic heterocycles. The number of nitrogens with two attached hydrogens (primary N) is 1. The molecule has 1 aromatic rings. The van der Waals surface area contributed by atoms with Gasteiger partial charge < -0.3 is 15.4 Å². The zero-order valence-electron chi connectivity index (χ0n) is 8.18. The van der Waals surface area contributed by atoms with Gasteiger partial charge in [0.05, 0.1) is 6.33 Å². The summed E-state index contributed by atoms with van der Waals surface area (Å²) in [7, 11) is 0. The number of aryl methyl sites for hydroxylation is 1. The van der Waals surface area contributed by atoms with E-state index in [1.165, 1.54) is 6.92 Å². The molecule has 78 valence electrons. The van der Waals surface area contributed by atoms with Crippen LogP contribution in [0.3, 0.4) is 0 Å². The molecule has 5 nitrogen and oxygen atoms in total. The third kappa shape index (κ3) is 2.85. The Hall–Kier alpha value is -1.36. The Morgan fingerprint density at radius 2 is 2.43 bits per heavy atom. The molecule has 1 aromatic heterocycles. The molecule has 1 unspecified atom stereocenters. The van der Waals surface area contributed by atoms with Crippen molar-refractivity contribution in [3.05, 3.63) is 18.7 Å². The minimum absolute atomic E-state index is 0.459. The fraction of sp³-hybridized carbons (Fsp3) is 0.556. The Morgan fingerprint density at radius 1 is 1.71 bits per heavy atom. The molecule has 0 aromatic carbocycles. The molecule has 5 heteroatoms. The van der Waals surface area contributed by atoms with Crippen molar-refractivity contribution in [3.63, 3.8) is 0 Å². The first-order valence-corrected chi connectivity index (χ1v) is 4.50. The van der Waals surface area contributed by atoms with Crippen LogP contribution in [0, 0.1) is 0 Å². The Kier molecular flexibility index (Phi) is 3.24. The standard InChI is InChI=1S/C9H15N3O2/c1-9(10,8(13)14)3-2-5-12-6-4-11-7-12/h4,6-7H,2-3,5,10H2,1H3,(H,13,14). The second-order valence-electron chi connectivity index (χ2n) is 3.63. The highest BCUT2D eigenvalue weighted by molar-refractivity contribution is 5.77. The van der Waals surface area contributed by atoms with E-state index in [-0.39, 0.29) is 0 Å². The van der Waals surface area contributed by atoms with E-state index < -0.39 is 11.5 Å². The lowest BCUT2D eigenvalue weighted by Gasteiger charge is -2.18. The number of carboxylic acids is 1. The summed E-state index contributed by atoms with van der Waals surface area (Å²) in [6.07, 6.45) is 6.43. The average molecular weight is 197 g/mol. The van der Waals surface area contributed by atoms with Crippen LogP contribution < -0.4 is 5.73 Å². The number of hydrogen-bond acceptors (Lipinski definition) is 3. The smallest absolute Gasteiger partial charge is 0.323 e. The molecule has 0 saturated carbocycles. The maximum absolute atomic E-state index is 10.7. The van der Waals surface area contributed by atoms with Crippen molar-refractivity contribution < 1.29 is 9.90 Å². The Bertz CT molecular complexity index is 293. The van der Waals surface area contributed by atoms with E-state index in [4.69, 9.17) is 10.8 Å². The van der Waals surface area contributed by atoms with E-state index in [0.717, 1.165) is 13.0 Å². The molecule has 1 atom stereocenters. The molecule has 0 amide bonds. The molecule has 14 heavy (non-hydrogen) atoms. The summed E-state index contributed by atoms with van der Waals surface area (Å²) in [6, 6.07) is 0. The monoisotopic (exact) mass is 197 g/mol. The summed E-state index contributed by atoms with van der Waals surface area (Å²) in [5.41, 5.74) is 4.45. The lowest BCUT2D eigenvalue weighted by atomic mass is 9.98. The van der Waals surface area contributed by atoms with Gasteiger partial charge in [0, 0.05) is 18.9 Å². The third-order valence-electron chi connectivity index (χ3n) is 2.16. The molecule has 1 rings (SSSR count). The van der Waals surface area contributed by atoms with Gasteiger partial charge in [-0.2, -0.15) is 0 Å². The van der Waals surface area contributed by atoms with Crippen LogP contribution in [0.1, 0.15) is 19.8 Å². The van der Waals surface area contributed by atoms with Crippen LogP contribution in [0.15, 0.2) is 18.7 Å². The topological polar surface area (TPSA) is 81.1 Å². The summed E-state index contributed by atoms with van der Waals surface area (Å²) >= 11 is 0. The third-order valence-corrected chi connectivity index (χ3v) is 2.16. The van der Waals surface area contributed by atoms with Crippen LogP contribution in [0.5, 0.6) is 0 Å². The normalized spacial score (nSPS) is 15.0. The van der Waals surface area contributed by atoms with Crippen molar-refractivity contribution in [1.82, 2.24) is 9.55 Å². The molecular weight excluding hydrogens is 182 g/mol. The van der Waals surface area contributed by atoms with Crippen LogP contribution in [0.4, 0.5) is 0 Å². The van der Waals surface area contributed by atoms with E-state index in [1.54, 1.807) is 12.5 Å². The molecule has 3 N–H and O–H groups in total. The van der Waals surface area contributed by atoms with E-state index in [0.29, 0.717) is 6.42 Å². The van der Waals surface area contributed by atoms with Crippen molar-refractivity contribution >= 4 is 5.97 Å². The molecule has 0 fully saturated rings. The number of carbonyl (C=O) groups is 1. The van der Waals surface area contributed by atoms with Crippen LogP contribution >= 0.6 is 0 Å². The maximum Gasteiger partial charge on any atom is 0.323 e. The fourth-order valence-corrected chi connectivity index (χ4v) is 1.15. The molecule has 0 saturated heterocycles. The lowest BCUT2D eigenvalue weighted by molar-refractivity contribution is -0.142.